The van der Waals surface area contributed by atoms with Crippen LogP contribution in [-0.4, -0.2) is 24.3 Å². The molecule has 2 heterocycles. The van der Waals surface area contributed by atoms with Crippen molar-refractivity contribution in [2.75, 3.05) is 18.7 Å². The van der Waals surface area contributed by atoms with E-state index < -0.39 is 0 Å². The molecule has 0 unspecified atom stereocenters. The third-order valence-electron chi connectivity index (χ3n) is 4.60. The van der Waals surface area contributed by atoms with Gasteiger partial charge in [-0.1, -0.05) is 29.8 Å². The number of aryl methyl sites for hydroxylation is 1. The molecule has 1 N–H and O–H groups in total. The van der Waals surface area contributed by atoms with E-state index in [1.165, 1.54) is 11.1 Å². The number of carbonyl (C=O) groups is 1. The van der Waals surface area contributed by atoms with Crippen LogP contribution in [0.25, 0.3) is 0 Å². The highest BCUT2D eigenvalue weighted by Gasteiger charge is 2.30. The van der Waals surface area contributed by atoms with Crippen molar-refractivity contribution in [1.29, 1.82) is 0 Å². The molecule has 5 nitrogen and oxygen atoms in total. The van der Waals surface area contributed by atoms with Gasteiger partial charge in [-0.2, -0.15) is 0 Å². The molecule has 2 aliphatic heterocycles. The van der Waals surface area contributed by atoms with Gasteiger partial charge in [0.2, 0.25) is 6.79 Å². The molecule has 124 valence electrons. The minimum Gasteiger partial charge on any atom is -0.454 e. The molecular formula is C19H20N2O3. The fourth-order valence-electron chi connectivity index (χ4n) is 3.31. The number of nitrogens with zero attached hydrogens (tertiary/aromatic N) is 1. The summed E-state index contributed by atoms with van der Waals surface area (Å²) in [5.74, 6) is 1.39. The number of urea groups is 1. The molecule has 24 heavy (non-hydrogen) atoms. The minimum absolute atomic E-state index is 0.0723. The van der Waals surface area contributed by atoms with Gasteiger partial charge in [-0.25, -0.2) is 4.79 Å². The number of amides is 2. The minimum atomic E-state index is -0.0723. The summed E-state index contributed by atoms with van der Waals surface area (Å²) in [7, 11) is 0. The molecule has 0 saturated carbocycles. The van der Waals surface area contributed by atoms with Gasteiger partial charge in [-0.3, -0.25) is 0 Å². The first-order chi connectivity index (χ1) is 11.7. The topological polar surface area (TPSA) is 50.8 Å². The maximum Gasteiger partial charge on any atom is 0.322 e. The molecular weight excluding hydrogens is 304 g/mol. The number of likely N-dealkylation sites (tertiary alicyclic amines) is 1. The van der Waals surface area contributed by atoms with Crippen LogP contribution in [-0.2, 0) is 0 Å². The lowest BCUT2D eigenvalue weighted by molar-refractivity contribution is 0.174. The lowest BCUT2D eigenvalue weighted by atomic mass is 10.0. The van der Waals surface area contributed by atoms with Gasteiger partial charge in [0.1, 0.15) is 0 Å². The van der Waals surface area contributed by atoms with E-state index in [0.717, 1.165) is 25.1 Å². The van der Waals surface area contributed by atoms with Crippen LogP contribution in [0.4, 0.5) is 10.5 Å². The number of anilines is 1. The normalized spacial score (nSPS) is 18.7. The van der Waals surface area contributed by atoms with Crippen molar-refractivity contribution in [2.24, 2.45) is 0 Å². The Morgan fingerprint density at radius 3 is 2.75 bits per heavy atom. The molecule has 0 aromatic heterocycles. The van der Waals surface area contributed by atoms with Crippen LogP contribution < -0.4 is 14.8 Å². The fraction of sp³-hybridized carbons (Fsp3) is 0.316. The van der Waals surface area contributed by atoms with Gasteiger partial charge in [0.25, 0.3) is 0 Å². The number of nitrogens with one attached hydrogen (secondary N) is 1. The Labute approximate surface area is 141 Å². The molecule has 1 saturated heterocycles. The predicted octanol–water partition coefficient (Wildman–Crippen LogP) is 4.09. The van der Waals surface area contributed by atoms with Crippen LogP contribution in [0, 0.1) is 6.92 Å². The van der Waals surface area contributed by atoms with E-state index in [4.69, 9.17) is 9.47 Å². The van der Waals surface area contributed by atoms with Crippen LogP contribution in [0.5, 0.6) is 11.5 Å². The molecule has 1 fully saturated rings. The van der Waals surface area contributed by atoms with Crippen LogP contribution in [0.2, 0.25) is 0 Å². The average molecular weight is 324 g/mol. The highest BCUT2D eigenvalue weighted by Crippen LogP contribution is 2.35. The van der Waals surface area contributed by atoms with Crippen molar-refractivity contribution in [1.82, 2.24) is 4.90 Å². The third-order valence-corrected chi connectivity index (χ3v) is 4.60. The van der Waals surface area contributed by atoms with E-state index in [2.05, 4.69) is 36.5 Å². The molecule has 2 aromatic carbocycles. The van der Waals surface area contributed by atoms with Crippen molar-refractivity contribution in [3.05, 3.63) is 53.6 Å². The molecule has 0 aliphatic carbocycles. The Kier molecular flexibility index (Phi) is 3.76. The lowest BCUT2D eigenvalue weighted by Crippen LogP contribution is -2.34. The van der Waals surface area contributed by atoms with Gasteiger partial charge in [-0.15, -0.1) is 0 Å². The molecule has 2 aliphatic rings. The maximum atomic E-state index is 12.7. The second-order valence-corrected chi connectivity index (χ2v) is 6.26. The smallest absolute Gasteiger partial charge is 0.322 e. The molecule has 5 heteroatoms. The van der Waals surface area contributed by atoms with E-state index in [1.807, 2.05) is 17.0 Å². The second-order valence-electron chi connectivity index (χ2n) is 6.26. The Balaban J connectivity index is 1.50. The standard InChI is InChI=1S/C19H20N2O3/c1-13-4-6-14(7-5-13)16-3-2-10-21(16)19(22)20-15-8-9-17-18(11-15)24-12-23-17/h4-9,11,16H,2-3,10,12H2,1H3,(H,20,22)/t16-/m1/s1. The largest absolute Gasteiger partial charge is 0.454 e. The first-order valence-corrected chi connectivity index (χ1v) is 8.24. The molecule has 0 radical (unpaired) electrons. The lowest BCUT2D eigenvalue weighted by Gasteiger charge is -2.25. The summed E-state index contributed by atoms with van der Waals surface area (Å²) < 4.78 is 10.7. The molecule has 4 rings (SSSR count). The zero-order valence-corrected chi connectivity index (χ0v) is 13.6. The summed E-state index contributed by atoms with van der Waals surface area (Å²) >= 11 is 0. The van der Waals surface area contributed by atoms with E-state index in [9.17, 15) is 4.79 Å². The van der Waals surface area contributed by atoms with Crippen molar-refractivity contribution in [3.63, 3.8) is 0 Å². The Hall–Kier alpha value is -2.69. The number of hydrogen-bond donors (Lipinski definition) is 1. The number of ether oxygens (including phenoxy) is 2. The molecule has 0 bridgehead atoms. The fourth-order valence-corrected chi connectivity index (χ4v) is 3.31. The average Bonchev–Trinajstić information content (AvgIpc) is 3.24. The SMILES string of the molecule is Cc1ccc([C@H]2CCCN2C(=O)Nc2ccc3c(c2)OCO3)cc1. The summed E-state index contributed by atoms with van der Waals surface area (Å²) in [5, 5.41) is 2.98. The number of carbonyl (C=O) groups excluding carboxylic acids is 1. The number of fused-ring (bicyclic) bond motifs is 1. The summed E-state index contributed by atoms with van der Waals surface area (Å²) in [6.07, 6.45) is 2.02. The van der Waals surface area contributed by atoms with E-state index in [0.29, 0.717) is 11.5 Å². The zero-order chi connectivity index (χ0) is 16.5. The van der Waals surface area contributed by atoms with Crippen LogP contribution >= 0.6 is 0 Å². The van der Waals surface area contributed by atoms with Crippen molar-refractivity contribution in [2.45, 2.75) is 25.8 Å². The zero-order valence-electron chi connectivity index (χ0n) is 13.6. The quantitative estimate of drug-likeness (QED) is 0.905. The molecule has 0 spiro atoms. The van der Waals surface area contributed by atoms with Gasteiger partial charge in [0, 0.05) is 18.3 Å². The summed E-state index contributed by atoms with van der Waals surface area (Å²) in [4.78, 5) is 14.6. The number of rotatable bonds is 2. The van der Waals surface area contributed by atoms with Crippen LogP contribution in [0.3, 0.4) is 0 Å². The van der Waals surface area contributed by atoms with E-state index in [1.54, 1.807) is 6.07 Å². The van der Waals surface area contributed by atoms with Gasteiger partial charge < -0.3 is 19.7 Å². The number of hydrogen-bond acceptors (Lipinski definition) is 3. The molecule has 2 amide bonds. The first-order valence-electron chi connectivity index (χ1n) is 8.24. The van der Waals surface area contributed by atoms with Crippen LogP contribution in [0.15, 0.2) is 42.5 Å². The van der Waals surface area contributed by atoms with Gasteiger partial charge in [-0.05, 0) is 37.5 Å². The highest BCUT2D eigenvalue weighted by molar-refractivity contribution is 5.90. The maximum absolute atomic E-state index is 12.7. The Morgan fingerprint density at radius 2 is 1.92 bits per heavy atom. The van der Waals surface area contributed by atoms with Gasteiger partial charge >= 0.3 is 6.03 Å². The summed E-state index contributed by atoms with van der Waals surface area (Å²) in [6.45, 7) is 3.08. The van der Waals surface area contributed by atoms with Crippen molar-refractivity contribution >= 4 is 11.7 Å². The van der Waals surface area contributed by atoms with E-state index >= 15 is 0 Å². The van der Waals surface area contributed by atoms with Gasteiger partial charge in [0.05, 0.1) is 6.04 Å². The second kappa shape index (κ2) is 6.07. The van der Waals surface area contributed by atoms with Gasteiger partial charge in [0.15, 0.2) is 11.5 Å². The third kappa shape index (κ3) is 2.77. The summed E-state index contributed by atoms with van der Waals surface area (Å²) in [6, 6.07) is 14.0. The predicted molar refractivity (Wildman–Crippen MR) is 91.4 cm³/mol. The van der Waals surface area contributed by atoms with Crippen LogP contribution in [0.1, 0.15) is 30.0 Å². The Bertz CT molecular complexity index is 758. The van der Waals surface area contributed by atoms with E-state index in [-0.39, 0.29) is 18.9 Å². The molecule has 1 atom stereocenters. The van der Waals surface area contributed by atoms with Crippen molar-refractivity contribution < 1.29 is 14.3 Å². The Morgan fingerprint density at radius 1 is 1.12 bits per heavy atom. The van der Waals surface area contributed by atoms with Crippen molar-refractivity contribution in [3.8, 4) is 11.5 Å². The number of benzene rings is 2. The monoisotopic (exact) mass is 324 g/mol. The first kappa shape index (κ1) is 14.9. The summed E-state index contributed by atoms with van der Waals surface area (Å²) in [5.41, 5.74) is 3.14. The highest BCUT2D eigenvalue weighted by atomic mass is 16.7. The molecule has 2 aromatic rings.